The van der Waals surface area contributed by atoms with Crippen LogP contribution in [0.25, 0.3) is 9.53 Å². The van der Waals surface area contributed by atoms with Crippen LogP contribution < -0.4 is 0 Å². The molecule has 90 valence electrons. The average Bonchev–Trinajstić information content (AvgIpc) is 2.80. The van der Waals surface area contributed by atoms with Crippen LogP contribution in [0.1, 0.15) is 29.1 Å². The molecule has 0 saturated carbocycles. The van der Waals surface area contributed by atoms with Crippen molar-refractivity contribution in [2.75, 3.05) is 6.61 Å². The van der Waals surface area contributed by atoms with Crippen molar-refractivity contribution in [3.63, 3.8) is 0 Å². The number of fused-ring (bicyclic) bond motifs is 1. The Bertz CT molecular complexity index is 570. The van der Waals surface area contributed by atoms with Crippen molar-refractivity contribution in [3.8, 4) is 0 Å². The standard InChI is InChI=1S/C11H11NO3S2/c1-3-15-8(14)4-7-9-11(16-5-12-9)17-10(7)6(2)13/h5H,3-4H2,1-2H3. The molecule has 0 N–H and O–H groups in total. The van der Waals surface area contributed by atoms with E-state index in [1.807, 2.05) is 0 Å². The van der Waals surface area contributed by atoms with Crippen LogP contribution in [0.5, 0.6) is 0 Å². The number of rotatable bonds is 4. The Morgan fingerprint density at radius 1 is 1.47 bits per heavy atom. The van der Waals surface area contributed by atoms with Gasteiger partial charge in [0.05, 0.1) is 28.9 Å². The van der Waals surface area contributed by atoms with Gasteiger partial charge in [-0.3, -0.25) is 9.59 Å². The summed E-state index contributed by atoms with van der Waals surface area (Å²) in [6, 6.07) is 0. The van der Waals surface area contributed by atoms with Gasteiger partial charge >= 0.3 is 5.97 Å². The van der Waals surface area contributed by atoms with E-state index in [0.29, 0.717) is 17.0 Å². The van der Waals surface area contributed by atoms with E-state index in [1.54, 1.807) is 12.4 Å². The van der Waals surface area contributed by atoms with Crippen LogP contribution in [-0.4, -0.2) is 23.3 Å². The molecule has 2 heterocycles. The number of ether oxygens (including phenoxy) is 1. The second kappa shape index (κ2) is 4.93. The summed E-state index contributed by atoms with van der Waals surface area (Å²) in [6.07, 6.45) is 0.118. The minimum atomic E-state index is -0.317. The fourth-order valence-electron chi connectivity index (χ4n) is 1.58. The van der Waals surface area contributed by atoms with Crippen molar-refractivity contribution in [1.82, 2.24) is 4.98 Å². The number of carbonyl (C=O) groups excluding carboxylic acids is 2. The van der Waals surface area contributed by atoms with Crippen LogP contribution in [0, 0.1) is 0 Å². The van der Waals surface area contributed by atoms with Crippen LogP contribution in [0.3, 0.4) is 0 Å². The van der Waals surface area contributed by atoms with Crippen LogP contribution in [0.4, 0.5) is 0 Å². The summed E-state index contributed by atoms with van der Waals surface area (Å²) < 4.78 is 5.89. The number of thiophene rings is 1. The van der Waals surface area contributed by atoms with Crippen molar-refractivity contribution >= 4 is 44.0 Å². The second-order valence-corrected chi connectivity index (χ2v) is 5.57. The van der Waals surface area contributed by atoms with Crippen LogP contribution in [-0.2, 0) is 16.0 Å². The SMILES string of the molecule is CCOC(=O)Cc1c(C(C)=O)sc2scnc12. The molecule has 2 rings (SSSR count). The number of thiazole rings is 1. The maximum absolute atomic E-state index is 11.5. The molecule has 0 unspecified atom stereocenters. The Kier molecular flexibility index (Phi) is 3.54. The van der Waals surface area contributed by atoms with Crippen molar-refractivity contribution < 1.29 is 14.3 Å². The van der Waals surface area contributed by atoms with E-state index in [2.05, 4.69) is 4.98 Å². The van der Waals surface area contributed by atoms with Crippen LogP contribution in [0.2, 0.25) is 0 Å². The lowest BCUT2D eigenvalue weighted by atomic mass is 10.1. The molecule has 0 aliphatic carbocycles. The van der Waals surface area contributed by atoms with E-state index in [1.165, 1.54) is 29.6 Å². The first kappa shape index (κ1) is 12.2. The van der Waals surface area contributed by atoms with Gasteiger partial charge in [-0.2, -0.15) is 0 Å². The van der Waals surface area contributed by atoms with E-state index in [0.717, 1.165) is 9.53 Å². The molecule has 17 heavy (non-hydrogen) atoms. The Morgan fingerprint density at radius 3 is 2.88 bits per heavy atom. The molecule has 0 fully saturated rings. The average molecular weight is 269 g/mol. The van der Waals surface area contributed by atoms with Crippen molar-refractivity contribution in [2.24, 2.45) is 0 Å². The number of carbonyl (C=O) groups is 2. The molecule has 0 amide bonds. The zero-order valence-corrected chi connectivity index (χ0v) is 11.1. The summed E-state index contributed by atoms with van der Waals surface area (Å²) in [7, 11) is 0. The maximum atomic E-state index is 11.5. The Labute approximate surface area is 106 Å². The quantitative estimate of drug-likeness (QED) is 0.632. The number of Topliss-reactive ketones (excluding diaryl/α,β-unsaturated/α-hetero) is 1. The zero-order valence-electron chi connectivity index (χ0n) is 9.48. The van der Waals surface area contributed by atoms with Gasteiger partial charge in [-0.25, -0.2) is 4.98 Å². The number of aromatic nitrogens is 1. The molecule has 4 nitrogen and oxygen atoms in total. The third-order valence-electron chi connectivity index (χ3n) is 2.24. The lowest BCUT2D eigenvalue weighted by molar-refractivity contribution is -0.142. The van der Waals surface area contributed by atoms with Gasteiger partial charge in [0.1, 0.15) is 4.01 Å². The summed E-state index contributed by atoms with van der Waals surface area (Å²) in [4.78, 5) is 27.8. The van der Waals surface area contributed by atoms with Crippen molar-refractivity contribution in [2.45, 2.75) is 20.3 Å². The number of esters is 1. The highest BCUT2D eigenvalue weighted by Crippen LogP contribution is 2.34. The van der Waals surface area contributed by atoms with E-state index < -0.39 is 0 Å². The fourth-order valence-corrected chi connectivity index (χ4v) is 3.58. The third-order valence-corrected chi connectivity index (χ3v) is 4.51. The highest BCUT2D eigenvalue weighted by molar-refractivity contribution is 7.38. The molecule has 0 bridgehead atoms. The molecule has 0 aromatic carbocycles. The first-order valence-electron chi connectivity index (χ1n) is 5.15. The fraction of sp³-hybridized carbons (Fsp3) is 0.364. The van der Waals surface area contributed by atoms with Gasteiger partial charge in [-0.1, -0.05) is 0 Å². The number of hydrogen-bond donors (Lipinski definition) is 0. The molecule has 0 aliphatic heterocycles. The highest BCUT2D eigenvalue weighted by Gasteiger charge is 2.20. The predicted molar refractivity (Wildman–Crippen MR) is 67.8 cm³/mol. The van der Waals surface area contributed by atoms with Crippen molar-refractivity contribution in [3.05, 3.63) is 16.0 Å². The maximum Gasteiger partial charge on any atom is 0.310 e. The van der Waals surface area contributed by atoms with Gasteiger partial charge in [-0.05, 0) is 13.8 Å². The van der Waals surface area contributed by atoms with Gasteiger partial charge in [0.2, 0.25) is 0 Å². The van der Waals surface area contributed by atoms with Crippen LogP contribution >= 0.6 is 22.7 Å². The van der Waals surface area contributed by atoms with E-state index in [9.17, 15) is 9.59 Å². The molecule has 6 heteroatoms. The molecule has 0 radical (unpaired) electrons. The molecular formula is C11H11NO3S2. The summed E-state index contributed by atoms with van der Waals surface area (Å²) >= 11 is 2.88. The lowest BCUT2D eigenvalue weighted by Crippen LogP contribution is -2.09. The predicted octanol–water partition coefficient (Wildman–Crippen LogP) is 2.67. The van der Waals surface area contributed by atoms with Gasteiger partial charge in [0.25, 0.3) is 0 Å². The lowest BCUT2D eigenvalue weighted by Gasteiger charge is -2.01. The minimum absolute atomic E-state index is 0.0282. The summed E-state index contributed by atoms with van der Waals surface area (Å²) in [6.45, 7) is 3.61. The second-order valence-electron chi connectivity index (χ2n) is 3.44. The third kappa shape index (κ3) is 2.37. The van der Waals surface area contributed by atoms with Gasteiger partial charge in [0, 0.05) is 5.56 Å². The normalized spacial score (nSPS) is 10.7. The smallest absolute Gasteiger partial charge is 0.310 e. The van der Waals surface area contributed by atoms with E-state index in [-0.39, 0.29) is 18.2 Å². The van der Waals surface area contributed by atoms with Gasteiger partial charge < -0.3 is 4.74 Å². The molecule has 0 saturated heterocycles. The Morgan fingerprint density at radius 2 is 2.24 bits per heavy atom. The molecule has 2 aromatic heterocycles. The monoisotopic (exact) mass is 269 g/mol. The van der Waals surface area contributed by atoms with Gasteiger partial charge in [0.15, 0.2) is 5.78 Å². The number of ketones is 1. The Hall–Kier alpha value is -1.27. The molecular weight excluding hydrogens is 258 g/mol. The molecule has 0 aliphatic rings. The summed E-state index contributed by atoms with van der Waals surface area (Å²) in [5, 5.41) is 0. The largest absolute Gasteiger partial charge is 0.466 e. The van der Waals surface area contributed by atoms with Crippen molar-refractivity contribution in [1.29, 1.82) is 0 Å². The Balaban J connectivity index is 2.41. The zero-order chi connectivity index (χ0) is 12.4. The first-order chi connectivity index (χ1) is 8.13. The number of nitrogens with zero attached hydrogens (tertiary/aromatic N) is 1. The highest BCUT2D eigenvalue weighted by atomic mass is 32.2. The first-order valence-corrected chi connectivity index (χ1v) is 6.84. The molecule has 0 spiro atoms. The van der Waals surface area contributed by atoms with Gasteiger partial charge in [-0.15, -0.1) is 22.7 Å². The van der Waals surface area contributed by atoms with E-state index >= 15 is 0 Å². The molecule has 2 aromatic rings. The summed E-state index contributed by atoms with van der Waals surface area (Å²) in [5.74, 6) is -0.345. The van der Waals surface area contributed by atoms with E-state index in [4.69, 9.17) is 4.74 Å². The minimum Gasteiger partial charge on any atom is -0.466 e. The van der Waals surface area contributed by atoms with Crippen LogP contribution in [0.15, 0.2) is 5.51 Å². The topological polar surface area (TPSA) is 56.3 Å². The number of hydrogen-bond acceptors (Lipinski definition) is 6. The molecule has 0 atom stereocenters. The summed E-state index contributed by atoms with van der Waals surface area (Å²) in [5.41, 5.74) is 3.19.